The minimum absolute atomic E-state index is 0.207. The van der Waals surface area contributed by atoms with Crippen molar-refractivity contribution in [2.45, 2.75) is 62.9 Å². The number of hydrogen-bond acceptors (Lipinski definition) is 7. The highest BCUT2D eigenvalue weighted by atomic mass is 28.4. The van der Waals surface area contributed by atoms with Crippen molar-refractivity contribution in [2.75, 3.05) is 18.5 Å². The number of benzene rings is 1. The lowest BCUT2D eigenvalue weighted by Crippen LogP contribution is -2.56. The van der Waals surface area contributed by atoms with Gasteiger partial charge in [-0.05, 0) is 36.3 Å². The second kappa shape index (κ2) is 9.64. The highest BCUT2D eigenvalue weighted by molar-refractivity contribution is 6.74. The molecule has 0 unspecified atom stereocenters. The fourth-order valence-corrected chi connectivity index (χ4v) is 5.35. The van der Waals surface area contributed by atoms with E-state index in [0.717, 1.165) is 0 Å². The van der Waals surface area contributed by atoms with Crippen LogP contribution in [0.2, 0.25) is 18.1 Å². The van der Waals surface area contributed by atoms with E-state index in [1.165, 1.54) is 10.7 Å². The van der Waals surface area contributed by atoms with Crippen LogP contribution in [-0.4, -0.2) is 69.9 Å². The lowest BCUT2D eigenvalue weighted by molar-refractivity contribution is -0.133. The van der Waals surface area contributed by atoms with Crippen molar-refractivity contribution >= 4 is 25.8 Å². The maximum absolute atomic E-state index is 16.0. The van der Waals surface area contributed by atoms with E-state index < -0.39 is 45.5 Å². The van der Waals surface area contributed by atoms with Gasteiger partial charge in [0.25, 0.3) is 5.91 Å². The number of hydrogen-bond donors (Lipinski definition) is 3. The number of aliphatic hydroxyl groups excluding tert-OH is 2. The summed E-state index contributed by atoms with van der Waals surface area (Å²) in [6.45, 7) is 8.85. The molecular weight excluding hydrogens is 483 g/mol. The van der Waals surface area contributed by atoms with Gasteiger partial charge in [-0.15, -0.1) is 0 Å². The molecule has 194 valence electrons. The van der Waals surface area contributed by atoms with Crippen LogP contribution in [0.1, 0.15) is 42.8 Å². The van der Waals surface area contributed by atoms with E-state index in [1.54, 1.807) is 36.5 Å². The molecule has 3 atom stereocenters. The molecule has 1 amide bonds. The third-order valence-corrected chi connectivity index (χ3v) is 11.7. The van der Waals surface area contributed by atoms with Gasteiger partial charge in [0.2, 0.25) is 5.95 Å². The third-order valence-electron chi connectivity index (χ3n) is 7.23. The fourth-order valence-electron chi connectivity index (χ4n) is 4.01. The van der Waals surface area contributed by atoms with Gasteiger partial charge >= 0.3 is 0 Å². The third kappa shape index (κ3) is 4.69. The number of nitrogens with one attached hydrogen (secondary N) is 1. The zero-order chi connectivity index (χ0) is 26.3. The SMILES string of the molecule is CC(C)(C)[Si](C)(C)O[C@H]1[C@@H](F)[C@H](c2cc3ncnc(NC(=O)c4ccccc4)n3c2)OC1(CO)CO. The van der Waals surface area contributed by atoms with Crippen LogP contribution < -0.4 is 5.32 Å². The topological polar surface area (TPSA) is 118 Å². The largest absolute Gasteiger partial charge is 0.408 e. The van der Waals surface area contributed by atoms with Crippen molar-refractivity contribution in [3.63, 3.8) is 0 Å². The summed E-state index contributed by atoms with van der Waals surface area (Å²) in [5, 5.41) is 22.9. The first kappa shape index (κ1) is 26.4. The van der Waals surface area contributed by atoms with E-state index in [1.807, 2.05) is 39.9 Å². The van der Waals surface area contributed by atoms with Crippen molar-refractivity contribution in [1.29, 1.82) is 0 Å². The summed E-state index contributed by atoms with van der Waals surface area (Å²) in [5.41, 5.74) is -0.303. The van der Waals surface area contributed by atoms with E-state index >= 15 is 4.39 Å². The first-order valence-corrected chi connectivity index (χ1v) is 14.7. The Hall–Kier alpha value is -2.70. The number of anilines is 1. The monoisotopic (exact) mass is 516 g/mol. The van der Waals surface area contributed by atoms with Crippen LogP contribution in [0.25, 0.3) is 5.65 Å². The molecule has 3 N–H and O–H groups in total. The summed E-state index contributed by atoms with van der Waals surface area (Å²) < 4.78 is 29.9. The van der Waals surface area contributed by atoms with Crippen molar-refractivity contribution < 1.29 is 28.6 Å². The van der Waals surface area contributed by atoms with Crippen molar-refractivity contribution in [3.8, 4) is 0 Å². The number of nitrogens with zero attached hydrogens (tertiary/aromatic N) is 3. The molecule has 1 aliphatic rings. The number of aliphatic hydroxyl groups is 2. The van der Waals surface area contributed by atoms with Gasteiger partial charge in [-0.25, -0.2) is 14.4 Å². The van der Waals surface area contributed by atoms with Crippen molar-refractivity contribution in [2.24, 2.45) is 0 Å². The van der Waals surface area contributed by atoms with Crippen LogP contribution in [0.15, 0.2) is 48.9 Å². The Balaban J connectivity index is 1.66. The Labute approximate surface area is 210 Å². The van der Waals surface area contributed by atoms with E-state index in [2.05, 4.69) is 15.3 Å². The molecule has 1 fully saturated rings. The molecular formula is C25H33FN4O5Si. The van der Waals surface area contributed by atoms with Crippen molar-refractivity contribution in [1.82, 2.24) is 14.4 Å². The van der Waals surface area contributed by atoms with Gasteiger partial charge in [-0.3, -0.25) is 14.5 Å². The molecule has 1 aliphatic heterocycles. The van der Waals surface area contributed by atoms with Gasteiger partial charge in [-0.1, -0.05) is 39.0 Å². The smallest absolute Gasteiger partial charge is 0.257 e. The number of alkyl halides is 1. The molecule has 1 aromatic carbocycles. The van der Waals surface area contributed by atoms with Gasteiger partial charge < -0.3 is 19.4 Å². The molecule has 11 heteroatoms. The highest BCUT2D eigenvalue weighted by Crippen LogP contribution is 2.47. The summed E-state index contributed by atoms with van der Waals surface area (Å²) in [6.07, 6.45) is -1.06. The van der Waals surface area contributed by atoms with Gasteiger partial charge in [0, 0.05) is 17.3 Å². The van der Waals surface area contributed by atoms with E-state index in [-0.39, 0.29) is 16.9 Å². The molecule has 0 aliphatic carbocycles. The average molecular weight is 517 g/mol. The molecule has 4 rings (SSSR count). The van der Waals surface area contributed by atoms with E-state index in [0.29, 0.717) is 16.8 Å². The quantitative estimate of drug-likeness (QED) is 0.411. The Kier molecular flexibility index (Phi) is 7.06. The predicted molar refractivity (Wildman–Crippen MR) is 135 cm³/mol. The van der Waals surface area contributed by atoms with Gasteiger partial charge in [-0.2, -0.15) is 0 Å². The number of amides is 1. The zero-order valence-electron chi connectivity index (χ0n) is 21.1. The lowest BCUT2D eigenvalue weighted by Gasteiger charge is -2.42. The van der Waals surface area contributed by atoms with Gasteiger partial charge in [0.05, 0.1) is 13.2 Å². The second-order valence-electron chi connectivity index (χ2n) is 10.7. The summed E-state index contributed by atoms with van der Waals surface area (Å²) in [7, 11) is -2.47. The minimum Gasteiger partial charge on any atom is -0.408 e. The number of fused-ring (bicyclic) bond motifs is 1. The predicted octanol–water partition coefficient (Wildman–Crippen LogP) is 3.50. The maximum atomic E-state index is 16.0. The normalized spacial score (nSPS) is 22.2. The molecule has 3 aromatic rings. The highest BCUT2D eigenvalue weighted by Gasteiger charge is 2.59. The number of carbonyl (C=O) groups is 1. The second-order valence-corrected chi connectivity index (χ2v) is 15.4. The van der Waals surface area contributed by atoms with E-state index in [4.69, 9.17) is 9.16 Å². The van der Waals surface area contributed by atoms with Crippen molar-refractivity contribution in [3.05, 3.63) is 60.0 Å². The summed E-state index contributed by atoms with van der Waals surface area (Å²) in [6, 6.07) is 10.3. The average Bonchev–Trinajstić information content (AvgIpc) is 3.39. The molecule has 9 nitrogen and oxygen atoms in total. The van der Waals surface area contributed by atoms with Crippen LogP contribution in [0.4, 0.5) is 10.3 Å². The fraction of sp³-hybridized carbons (Fsp3) is 0.480. The number of rotatable bonds is 7. The Morgan fingerprint density at radius 1 is 1.22 bits per heavy atom. The molecule has 0 bridgehead atoms. The Morgan fingerprint density at radius 2 is 1.89 bits per heavy atom. The molecule has 0 saturated carbocycles. The van der Waals surface area contributed by atoms with Crippen LogP contribution in [0, 0.1) is 0 Å². The lowest BCUT2D eigenvalue weighted by atomic mass is 9.96. The van der Waals surface area contributed by atoms with Crippen LogP contribution in [0.5, 0.6) is 0 Å². The molecule has 36 heavy (non-hydrogen) atoms. The number of aromatic nitrogens is 3. The maximum Gasteiger partial charge on any atom is 0.257 e. The summed E-state index contributed by atoms with van der Waals surface area (Å²) in [5.74, 6) is -0.146. The van der Waals surface area contributed by atoms with E-state index in [9.17, 15) is 15.0 Å². The first-order chi connectivity index (χ1) is 16.9. The van der Waals surface area contributed by atoms with Gasteiger partial charge in [0.1, 0.15) is 29.8 Å². The van der Waals surface area contributed by atoms with Gasteiger partial charge in [0.15, 0.2) is 14.5 Å². The Bertz CT molecular complexity index is 1230. The molecule has 1 saturated heterocycles. The standard InChI is InChI=1S/C25H33FN4O5Si/c1-24(2,3)36(4,5)35-21-19(26)20(34-25(21,13-31)14-32)17-11-18-27-15-28-23(30(18)12-17)29-22(33)16-9-7-6-8-10-16/h6-12,15,19-21,31-32H,13-14H2,1-5H3,(H,27,28,29,33)/t19-,20-,21-/m0/s1. The number of ether oxygens (including phenoxy) is 1. The minimum atomic E-state index is -2.47. The van der Waals surface area contributed by atoms with Crippen LogP contribution >= 0.6 is 0 Å². The zero-order valence-corrected chi connectivity index (χ0v) is 22.1. The molecule has 3 heterocycles. The molecule has 2 aromatic heterocycles. The molecule has 0 spiro atoms. The number of carbonyl (C=O) groups excluding carboxylic acids is 1. The Morgan fingerprint density at radius 3 is 2.50 bits per heavy atom. The van der Waals surface area contributed by atoms with Crippen LogP contribution in [0.3, 0.4) is 0 Å². The number of halogens is 1. The molecule has 0 radical (unpaired) electrons. The summed E-state index contributed by atoms with van der Waals surface area (Å²) in [4.78, 5) is 21.0. The summed E-state index contributed by atoms with van der Waals surface area (Å²) >= 11 is 0. The first-order valence-electron chi connectivity index (χ1n) is 11.8. The van der Waals surface area contributed by atoms with Crippen LogP contribution in [-0.2, 0) is 9.16 Å².